The number of fused-ring (bicyclic) bond motifs is 4. The highest BCUT2D eigenvalue weighted by Gasteiger charge is 2.48. The first-order valence-corrected chi connectivity index (χ1v) is 20.0. The van der Waals surface area contributed by atoms with Gasteiger partial charge in [0.15, 0.2) is 0 Å². The normalized spacial score (nSPS) is 23.9. The molecular weight excluding hydrogens is 655 g/mol. The van der Waals surface area contributed by atoms with E-state index in [2.05, 4.69) is 187 Å². The minimum atomic E-state index is 0.0888. The van der Waals surface area contributed by atoms with E-state index in [-0.39, 0.29) is 5.41 Å². The predicted octanol–water partition coefficient (Wildman–Crippen LogP) is 14.2. The molecule has 276 valence electrons. The quantitative estimate of drug-likeness (QED) is 0.145. The van der Waals surface area contributed by atoms with Gasteiger partial charge in [0.05, 0.1) is 0 Å². The van der Waals surface area contributed by atoms with Gasteiger partial charge in [-0.3, -0.25) is 0 Å². The Morgan fingerprint density at radius 3 is 2.52 bits per heavy atom. The summed E-state index contributed by atoms with van der Waals surface area (Å²) in [6, 6.07) is 17.4. The van der Waals surface area contributed by atoms with Gasteiger partial charge in [-0.05, 0) is 109 Å². The first kappa shape index (κ1) is 37.2. The van der Waals surface area contributed by atoms with Crippen molar-refractivity contribution < 1.29 is 4.42 Å². The molecule has 3 aromatic rings. The maximum atomic E-state index is 6.20. The molecule has 0 bridgehead atoms. The summed E-state index contributed by atoms with van der Waals surface area (Å²) in [4.78, 5) is 2.45. The number of nitrogens with zero attached hydrogens (tertiary/aromatic N) is 1. The Kier molecular flexibility index (Phi) is 10.8. The van der Waals surface area contributed by atoms with Crippen LogP contribution in [0.2, 0.25) is 0 Å². The van der Waals surface area contributed by atoms with Gasteiger partial charge in [0, 0.05) is 40.4 Å². The molecular formula is C52H57NO. The summed E-state index contributed by atoms with van der Waals surface area (Å²) in [6.07, 6.45) is 36.1. The van der Waals surface area contributed by atoms with E-state index < -0.39 is 0 Å². The highest BCUT2D eigenvalue weighted by atomic mass is 16.3. The van der Waals surface area contributed by atoms with Crippen molar-refractivity contribution in [3.63, 3.8) is 0 Å². The smallest absolute Gasteiger partial charge is 0.134 e. The van der Waals surface area contributed by atoms with Crippen molar-refractivity contribution in [3.05, 3.63) is 191 Å². The topological polar surface area (TPSA) is 16.4 Å². The van der Waals surface area contributed by atoms with E-state index in [4.69, 9.17) is 4.42 Å². The summed E-state index contributed by atoms with van der Waals surface area (Å²) in [5.74, 6) is 3.21. The molecule has 1 heterocycles. The van der Waals surface area contributed by atoms with Crippen LogP contribution in [-0.4, -0.2) is 4.90 Å². The maximum Gasteiger partial charge on any atom is 0.134 e. The Labute approximate surface area is 324 Å². The fraction of sp³-hybridized carbons (Fsp3) is 0.308. The molecule has 2 nitrogen and oxygen atoms in total. The lowest BCUT2D eigenvalue weighted by molar-refractivity contribution is 0.321. The lowest BCUT2D eigenvalue weighted by Gasteiger charge is -2.31. The third-order valence-electron chi connectivity index (χ3n) is 12.4. The number of hydrogen-bond acceptors (Lipinski definition) is 2. The molecule has 4 atom stereocenters. The summed E-state index contributed by atoms with van der Waals surface area (Å²) in [5.41, 5.74) is 12.2. The molecule has 2 heteroatoms. The second-order valence-corrected chi connectivity index (χ2v) is 16.4. The highest BCUT2D eigenvalue weighted by molar-refractivity contribution is 5.92. The average Bonchev–Trinajstić information content (AvgIpc) is 3.65. The minimum Gasteiger partial charge on any atom is -0.460 e. The molecule has 1 unspecified atom stereocenters. The number of rotatable bonds is 11. The first-order chi connectivity index (χ1) is 26.1. The molecule has 54 heavy (non-hydrogen) atoms. The molecule has 0 radical (unpaired) electrons. The van der Waals surface area contributed by atoms with Gasteiger partial charge in [0.1, 0.15) is 11.3 Å². The molecule has 1 fully saturated rings. The van der Waals surface area contributed by atoms with Crippen molar-refractivity contribution in [1.82, 2.24) is 4.90 Å². The molecule has 1 aromatic heterocycles. The van der Waals surface area contributed by atoms with Gasteiger partial charge in [-0.1, -0.05) is 156 Å². The van der Waals surface area contributed by atoms with E-state index in [0.29, 0.717) is 29.6 Å². The van der Waals surface area contributed by atoms with Crippen molar-refractivity contribution in [1.29, 1.82) is 0 Å². The Balaban J connectivity index is 1.21. The van der Waals surface area contributed by atoms with Gasteiger partial charge in [-0.25, -0.2) is 0 Å². The second kappa shape index (κ2) is 15.7. The Morgan fingerprint density at radius 2 is 1.78 bits per heavy atom. The molecule has 0 amide bonds. The molecule has 0 aliphatic heterocycles. The van der Waals surface area contributed by atoms with Crippen LogP contribution in [0.25, 0.3) is 22.6 Å². The zero-order valence-electron chi connectivity index (χ0n) is 33.2. The standard InChI is InChI=1S/C52H57NO/c1-9-39(43-28-32-51-48(34-43)47-20-14-16-22-50(47)54-51)33-42(35(2)3)25-23-36(4)53(44-29-26-41(27-30-44)40-17-11-10-12-18-40)37(5)24-31-45-38(6)52(7,8)49-21-15-13-19-46(45)49/h9-15,17-21,23-26,28-30,32-35,41,45-46,49H,1,6,16,22,27,31H2,2-5,7-8H3/b36-23+,37-24+,39-33+,42-25-/t41-,45+,46+,49?/m1/s1. The Hall–Kier alpha value is -5.08. The van der Waals surface area contributed by atoms with E-state index in [0.717, 1.165) is 48.2 Å². The van der Waals surface area contributed by atoms with Gasteiger partial charge in [-0.2, -0.15) is 0 Å². The maximum absolute atomic E-state index is 6.20. The molecule has 1 saturated carbocycles. The number of benzene rings is 2. The van der Waals surface area contributed by atoms with E-state index in [1.165, 1.54) is 44.8 Å². The number of furan rings is 1. The fourth-order valence-corrected chi connectivity index (χ4v) is 9.02. The van der Waals surface area contributed by atoms with E-state index in [1.54, 1.807) is 0 Å². The van der Waals surface area contributed by atoms with Crippen LogP contribution in [0.1, 0.15) is 89.2 Å². The van der Waals surface area contributed by atoms with Crippen LogP contribution in [0.3, 0.4) is 0 Å². The third kappa shape index (κ3) is 7.36. The predicted molar refractivity (Wildman–Crippen MR) is 231 cm³/mol. The van der Waals surface area contributed by atoms with Crippen LogP contribution in [0.15, 0.2) is 173 Å². The third-order valence-corrected chi connectivity index (χ3v) is 12.4. The summed E-state index contributed by atoms with van der Waals surface area (Å²) >= 11 is 0. The monoisotopic (exact) mass is 711 g/mol. The van der Waals surface area contributed by atoms with Gasteiger partial charge in [0.25, 0.3) is 0 Å². The zero-order chi connectivity index (χ0) is 38.0. The lowest BCUT2D eigenvalue weighted by atomic mass is 9.76. The van der Waals surface area contributed by atoms with Crippen molar-refractivity contribution >= 4 is 22.6 Å². The van der Waals surface area contributed by atoms with Crippen LogP contribution in [-0.2, 0) is 6.42 Å². The van der Waals surface area contributed by atoms with Gasteiger partial charge in [-0.15, -0.1) is 0 Å². The van der Waals surface area contributed by atoms with Gasteiger partial charge in [0.2, 0.25) is 0 Å². The highest BCUT2D eigenvalue weighted by Crippen LogP contribution is 2.56. The Morgan fingerprint density at radius 1 is 0.981 bits per heavy atom. The fourth-order valence-electron chi connectivity index (χ4n) is 9.02. The van der Waals surface area contributed by atoms with Crippen LogP contribution < -0.4 is 0 Å². The molecule has 4 aliphatic carbocycles. The molecule has 0 saturated heterocycles. The molecule has 7 rings (SSSR count). The van der Waals surface area contributed by atoms with Gasteiger partial charge < -0.3 is 9.32 Å². The first-order valence-electron chi connectivity index (χ1n) is 20.0. The molecule has 0 spiro atoms. The summed E-state index contributed by atoms with van der Waals surface area (Å²) in [5, 5.41) is 1.18. The van der Waals surface area contributed by atoms with E-state index in [1.807, 2.05) is 6.08 Å². The summed E-state index contributed by atoms with van der Waals surface area (Å²) < 4.78 is 6.20. The minimum absolute atomic E-state index is 0.0888. The number of aryl methyl sites for hydroxylation is 1. The van der Waals surface area contributed by atoms with Crippen LogP contribution in [0.4, 0.5) is 0 Å². The summed E-state index contributed by atoms with van der Waals surface area (Å²) in [6.45, 7) is 22.7. The van der Waals surface area contributed by atoms with E-state index >= 15 is 0 Å². The van der Waals surface area contributed by atoms with Crippen LogP contribution >= 0.6 is 0 Å². The average molecular weight is 712 g/mol. The number of hydrogen-bond donors (Lipinski definition) is 0. The lowest BCUT2D eigenvalue weighted by Crippen LogP contribution is -2.21. The van der Waals surface area contributed by atoms with Crippen LogP contribution in [0, 0.1) is 29.1 Å². The molecule has 0 N–H and O–H groups in total. The molecule has 4 aliphatic rings. The Bertz CT molecular complexity index is 2200. The van der Waals surface area contributed by atoms with Gasteiger partial charge >= 0.3 is 0 Å². The molecule has 2 aromatic carbocycles. The van der Waals surface area contributed by atoms with E-state index in [9.17, 15) is 0 Å². The summed E-state index contributed by atoms with van der Waals surface area (Å²) in [7, 11) is 0. The largest absolute Gasteiger partial charge is 0.460 e. The number of allylic oxidation sites excluding steroid dienone is 18. The van der Waals surface area contributed by atoms with Crippen molar-refractivity contribution in [2.75, 3.05) is 0 Å². The SMILES string of the molecule is C=C\C(=C/C(=C/C=C(\C)N(C1=CC[C@H](c2ccccc2)C=C1)/C(C)=C/C[C@H]1C(=C)C(C)(C)C2C=CC=C[C@H]21)C(C)C)c1ccc2oc3c(c2c1)C=CCC3. The van der Waals surface area contributed by atoms with Crippen LogP contribution in [0.5, 0.6) is 0 Å². The van der Waals surface area contributed by atoms with Crippen molar-refractivity contribution in [2.45, 2.75) is 73.1 Å². The van der Waals surface area contributed by atoms with Crippen molar-refractivity contribution in [2.24, 2.45) is 29.1 Å². The van der Waals surface area contributed by atoms with Crippen molar-refractivity contribution in [3.8, 4) is 0 Å². The zero-order valence-corrected chi connectivity index (χ0v) is 33.2. The second-order valence-electron chi connectivity index (χ2n) is 16.4.